The van der Waals surface area contributed by atoms with E-state index in [1.165, 1.54) is 11.1 Å². The lowest BCUT2D eigenvalue weighted by atomic mass is 10.1. The maximum Gasteiger partial charge on any atom is -0.0184 e. The first-order valence-electron chi connectivity index (χ1n) is 3.44. The zero-order valence-electron chi connectivity index (χ0n) is 6.39. The van der Waals surface area contributed by atoms with Gasteiger partial charge in [0.25, 0.3) is 0 Å². The highest BCUT2D eigenvalue weighted by molar-refractivity contribution is 5.62. The molecule has 0 atom stereocenters. The maximum atomic E-state index is 2.98. The molecule has 10 heavy (non-hydrogen) atoms. The Hall–Kier alpha value is -1.04. The molecular formula is C10H11. The minimum absolute atomic E-state index is 1.28. The summed E-state index contributed by atoms with van der Waals surface area (Å²) in [6.07, 6.45) is 2.11. The Kier molecular flexibility index (Phi) is 2.27. The molecule has 0 unspecified atom stereocenters. The van der Waals surface area contributed by atoms with Crippen molar-refractivity contribution in [1.82, 2.24) is 0 Å². The normalized spacial score (nSPS) is 11.6. The van der Waals surface area contributed by atoms with Crippen molar-refractivity contribution in [3.8, 4) is 0 Å². The molecule has 1 rings (SSSR count). The largest absolute Gasteiger partial charge is 0.0841 e. The highest BCUT2D eigenvalue weighted by Gasteiger charge is 1.88. The molecule has 0 aliphatic rings. The van der Waals surface area contributed by atoms with Gasteiger partial charge in [-0.25, -0.2) is 0 Å². The molecule has 0 amide bonds. The predicted octanol–water partition coefficient (Wildman–Crippen LogP) is 2.91. The summed E-state index contributed by atoms with van der Waals surface area (Å²) in [5.74, 6) is 0. The molecule has 0 bridgehead atoms. The van der Waals surface area contributed by atoms with Crippen LogP contribution in [-0.2, 0) is 0 Å². The Balaban J connectivity index is 2.96. The van der Waals surface area contributed by atoms with Crippen molar-refractivity contribution in [3.63, 3.8) is 0 Å². The Morgan fingerprint density at radius 1 is 1.40 bits per heavy atom. The Morgan fingerprint density at radius 3 is 2.50 bits per heavy atom. The van der Waals surface area contributed by atoms with Gasteiger partial charge in [-0.05, 0) is 31.1 Å². The Morgan fingerprint density at radius 2 is 2.00 bits per heavy atom. The fourth-order valence-corrected chi connectivity index (χ4v) is 0.816. The van der Waals surface area contributed by atoms with Gasteiger partial charge in [-0.3, -0.25) is 0 Å². The van der Waals surface area contributed by atoms with Crippen molar-refractivity contribution in [1.29, 1.82) is 0 Å². The molecule has 0 saturated carbocycles. The molecule has 1 aromatic carbocycles. The lowest BCUT2D eigenvalue weighted by Crippen LogP contribution is -1.75. The molecule has 0 aliphatic carbocycles. The van der Waals surface area contributed by atoms with Crippen molar-refractivity contribution in [2.75, 3.05) is 0 Å². The second-order valence-corrected chi connectivity index (χ2v) is 2.26. The van der Waals surface area contributed by atoms with Crippen LogP contribution in [0.15, 0.2) is 30.3 Å². The smallest absolute Gasteiger partial charge is 0.0184 e. The molecule has 0 nitrogen and oxygen atoms in total. The predicted molar refractivity (Wildman–Crippen MR) is 44.6 cm³/mol. The van der Waals surface area contributed by atoms with Crippen molar-refractivity contribution < 1.29 is 0 Å². The Labute approximate surface area is 62.2 Å². The molecule has 0 aromatic heterocycles. The van der Waals surface area contributed by atoms with Gasteiger partial charge in [-0.15, -0.1) is 0 Å². The number of hydrogen-bond acceptors (Lipinski definition) is 0. The summed E-state index contributed by atoms with van der Waals surface area (Å²) in [6.45, 7) is 4.15. The summed E-state index contributed by atoms with van der Waals surface area (Å²) in [6, 6.07) is 11.0. The highest BCUT2D eigenvalue weighted by atomic mass is 13.9. The Bertz CT molecular complexity index is 219. The molecule has 1 radical (unpaired) electrons. The quantitative estimate of drug-likeness (QED) is 0.549. The summed E-state index contributed by atoms with van der Waals surface area (Å²) < 4.78 is 0. The van der Waals surface area contributed by atoms with Gasteiger partial charge < -0.3 is 0 Å². The van der Waals surface area contributed by atoms with E-state index in [4.69, 9.17) is 0 Å². The fraction of sp³-hybridized carbons (Fsp3) is 0.200. The number of rotatable bonds is 1. The van der Waals surface area contributed by atoms with Crippen LogP contribution in [0, 0.1) is 6.07 Å². The van der Waals surface area contributed by atoms with E-state index >= 15 is 0 Å². The van der Waals surface area contributed by atoms with Gasteiger partial charge in [0, 0.05) is 0 Å². The summed E-state index contributed by atoms with van der Waals surface area (Å²) >= 11 is 0. The first-order chi connectivity index (χ1) is 4.84. The van der Waals surface area contributed by atoms with Gasteiger partial charge in [0.05, 0.1) is 0 Å². The highest BCUT2D eigenvalue weighted by Crippen LogP contribution is 2.10. The molecule has 51 valence electrons. The van der Waals surface area contributed by atoms with Crippen molar-refractivity contribution >= 4 is 5.57 Å². The molecular weight excluding hydrogens is 120 g/mol. The van der Waals surface area contributed by atoms with Crippen molar-refractivity contribution in [2.45, 2.75) is 13.8 Å². The average Bonchev–Trinajstić information content (AvgIpc) is 2.05. The van der Waals surface area contributed by atoms with E-state index < -0.39 is 0 Å². The molecule has 0 N–H and O–H groups in total. The fourth-order valence-electron chi connectivity index (χ4n) is 0.816. The first-order valence-corrected chi connectivity index (χ1v) is 3.44. The first kappa shape index (κ1) is 7.07. The minimum atomic E-state index is 1.28. The van der Waals surface area contributed by atoms with Crippen LogP contribution in [0.3, 0.4) is 0 Å². The third-order valence-electron chi connectivity index (χ3n) is 1.61. The van der Waals surface area contributed by atoms with Crippen LogP contribution >= 0.6 is 0 Å². The zero-order valence-corrected chi connectivity index (χ0v) is 6.39. The zero-order chi connectivity index (χ0) is 7.40. The molecule has 0 heterocycles. The van der Waals surface area contributed by atoms with Crippen LogP contribution in [0.2, 0.25) is 0 Å². The third-order valence-corrected chi connectivity index (χ3v) is 1.61. The maximum absolute atomic E-state index is 2.98. The van der Waals surface area contributed by atoms with Gasteiger partial charge in [0.15, 0.2) is 0 Å². The summed E-state index contributed by atoms with van der Waals surface area (Å²) in [4.78, 5) is 0. The average molecular weight is 131 g/mol. The molecule has 0 fully saturated rings. The van der Waals surface area contributed by atoms with E-state index in [1.807, 2.05) is 19.1 Å². The molecule has 0 aliphatic heterocycles. The molecule has 0 heteroatoms. The summed E-state index contributed by atoms with van der Waals surface area (Å²) in [5, 5.41) is 0. The van der Waals surface area contributed by atoms with Crippen LogP contribution in [0.25, 0.3) is 5.57 Å². The van der Waals surface area contributed by atoms with E-state index in [0.717, 1.165) is 0 Å². The van der Waals surface area contributed by atoms with Crippen LogP contribution in [0.5, 0.6) is 0 Å². The lowest BCUT2D eigenvalue weighted by molar-refractivity contribution is 1.54. The van der Waals surface area contributed by atoms with Crippen molar-refractivity contribution in [3.05, 3.63) is 42.0 Å². The van der Waals surface area contributed by atoms with Gasteiger partial charge >= 0.3 is 0 Å². The van der Waals surface area contributed by atoms with Gasteiger partial charge in [-0.2, -0.15) is 0 Å². The number of benzene rings is 1. The number of hydrogen-bond donors (Lipinski definition) is 0. The summed E-state index contributed by atoms with van der Waals surface area (Å²) in [7, 11) is 0. The van der Waals surface area contributed by atoms with Gasteiger partial charge in [0.1, 0.15) is 0 Å². The minimum Gasteiger partial charge on any atom is -0.0841 e. The van der Waals surface area contributed by atoms with Crippen LogP contribution in [0.1, 0.15) is 19.4 Å². The van der Waals surface area contributed by atoms with E-state index in [1.54, 1.807) is 0 Å². The second kappa shape index (κ2) is 3.21. The SMILES string of the molecule is CC=C(C)c1cc[c]cc1. The summed E-state index contributed by atoms with van der Waals surface area (Å²) in [5.41, 5.74) is 2.59. The van der Waals surface area contributed by atoms with E-state index in [9.17, 15) is 0 Å². The molecule has 1 aromatic rings. The van der Waals surface area contributed by atoms with Gasteiger partial charge in [-0.1, -0.05) is 30.3 Å². The van der Waals surface area contributed by atoms with E-state index in [0.29, 0.717) is 0 Å². The third kappa shape index (κ3) is 1.47. The van der Waals surface area contributed by atoms with Crippen molar-refractivity contribution in [2.24, 2.45) is 0 Å². The standard InChI is InChI=1S/C10H11/c1-3-9(2)10-7-5-4-6-8-10/h3,5-8H,1-2H3. The molecule has 0 saturated heterocycles. The van der Waals surface area contributed by atoms with E-state index in [-0.39, 0.29) is 0 Å². The van der Waals surface area contributed by atoms with Gasteiger partial charge in [0.2, 0.25) is 0 Å². The lowest BCUT2D eigenvalue weighted by Gasteiger charge is -1.96. The van der Waals surface area contributed by atoms with Crippen LogP contribution in [0.4, 0.5) is 0 Å². The van der Waals surface area contributed by atoms with Crippen LogP contribution in [-0.4, -0.2) is 0 Å². The van der Waals surface area contributed by atoms with E-state index in [2.05, 4.69) is 31.2 Å². The monoisotopic (exact) mass is 131 g/mol. The van der Waals surface area contributed by atoms with Crippen LogP contribution < -0.4 is 0 Å². The molecule has 0 spiro atoms. The second-order valence-electron chi connectivity index (χ2n) is 2.26. The topological polar surface area (TPSA) is 0 Å². The number of allylic oxidation sites excluding steroid dienone is 2.